The van der Waals surface area contributed by atoms with Crippen LogP contribution in [0.1, 0.15) is 51.1 Å². The van der Waals surface area contributed by atoms with E-state index in [9.17, 15) is 4.39 Å². The van der Waals surface area contributed by atoms with Crippen LogP contribution in [0.4, 0.5) is 4.39 Å². The van der Waals surface area contributed by atoms with Gasteiger partial charge in [0, 0.05) is 11.6 Å². The van der Waals surface area contributed by atoms with Gasteiger partial charge in [-0.1, -0.05) is 38.8 Å². The standard InChI is InChI=1S/C14H21BrFN/c1-3-5-9-13(17-10-4-2)11-7-6-8-12(15)14(11)16/h6-8,13,17H,3-5,9-10H2,1-2H3. The van der Waals surface area contributed by atoms with Crippen LogP contribution in [0, 0.1) is 5.82 Å². The molecule has 0 aromatic heterocycles. The Morgan fingerprint density at radius 3 is 2.71 bits per heavy atom. The molecule has 0 heterocycles. The van der Waals surface area contributed by atoms with E-state index in [4.69, 9.17) is 0 Å². The van der Waals surface area contributed by atoms with Crippen LogP contribution in [-0.2, 0) is 0 Å². The molecule has 1 rings (SSSR count). The van der Waals surface area contributed by atoms with Gasteiger partial charge in [-0.2, -0.15) is 0 Å². The Hall–Kier alpha value is -0.410. The zero-order valence-electron chi connectivity index (χ0n) is 10.6. The van der Waals surface area contributed by atoms with Crippen molar-refractivity contribution in [1.82, 2.24) is 5.32 Å². The molecule has 1 N–H and O–H groups in total. The Labute approximate surface area is 112 Å². The smallest absolute Gasteiger partial charge is 0.142 e. The van der Waals surface area contributed by atoms with Gasteiger partial charge in [0.25, 0.3) is 0 Å². The molecular formula is C14H21BrFN. The highest BCUT2D eigenvalue weighted by atomic mass is 79.9. The second kappa shape index (κ2) is 7.83. The van der Waals surface area contributed by atoms with Crippen molar-refractivity contribution in [2.75, 3.05) is 6.54 Å². The van der Waals surface area contributed by atoms with Crippen molar-refractivity contribution in [1.29, 1.82) is 0 Å². The van der Waals surface area contributed by atoms with Gasteiger partial charge in [-0.25, -0.2) is 4.39 Å². The molecule has 1 aromatic carbocycles. The van der Waals surface area contributed by atoms with Gasteiger partial charge < -0.3 is 5.32 Å². The molecule has 1 unspecified atom stereocenters. The molecule has 3 heteroatoms. The highest BCUT2D eigenvalue weighted by Gasteiger charge is 2.15. The topological polar surface area (TPSA) is 12.0 Å². The van der Waals surface area contributed by atoms with E-state index in [1.165, 1.54) is 0 Å². The minimum absolute atomic E-state index is 0.128. The van der Waals surface area contributed by atoms with Crippen LogP contribution in [0.15, 0.2) is 22.7 Å². The maximum Gasteiger partial charge on any atom is 0.142 e. The number of rotatable bonds is 7. The lowest BCUT2D eigenvalue weighted by molar-refractivity contribution is 0.458. The SMILES string of the molecule is CCCCC(NCCC)c1cccc(Br)c1F. The second-order valence-corrected chi connectivity index (χ2v) is 5.15. The van der Waals surface area contributed by atoms with E-state index in [2.05, 4.69) is 35.1 Å². The Morgan fingerprint density at radius 2 is 2.06 bits per heavy atom. The van der Waals surface area contributed by atoms with Gasteiger partial charge >= 0.3 is 0 Å². The van der Waals surface area contributed by atoms with Crippen molar-refractivity contribution in [2.45, 2.75) is 45.6 Å². The van der Waals surface area contributed by atoms with Gasteiger partial charge in [0.1, 0.15) is 5.82 Å². The summed E-state index contributed by atoms with van der Waals surface area (Å²) in [6.07, 6.45) is 4.31. The van der Waals surface area contributed by atoms with Crippen LogP contribution in [0.25, 0.3) is 0 Å². The van der Waals surface area contributed by atoms with E-state index in [0.29, 0.717) is 4.47 Å². The quantitative estimate of drug-likeness (QED) is 0.761. The zero-order chi connectivity index (χ0) is 12.7. The van der Waals surface area contributed by atoms with E-state index in [1.54, 1.807) is 6.07 Å². The Kier molecular flexibility index (Phi) is 6.75. The molecule has 0 amide bonds. The van der Waals surface area contributed by atoms with E-state index in [-0.39, 0.29) is 11.9 Å². The predicted molar refractivity (Wildman–Crippen MR) is 74.7 cm³/mol. The summed E-state index contributed by atoms with van der Waals surface area (Å²) in [6.45, 7) is 5.22. The first-order chi connectivity index (χ1) is 8.20. The highest BCUT2D eigenvalue weighted by Crippen LogP contribution is 2.26. The molecule has 0 spiro atoms. The molecule has 0 saturated heterocycles. The normalized spacial score (nSPS) is 12.7. The van der Waals surface area contributed by atoms with Crippen LogP contribution < -0.4 is 5.32 Å². The van der Waals surface area contributed by atoms with Crippen molar-refractivity contribution >= 4 is 15.9 Å². The Balaban J connectivity index is 2.83. The van der Waals surface area contributed by atoms with Crippen LogP contribution >= 0.6 is 15.9 Å². The molecule has 96 valence electrons. The highest BCUT2D eigenvalue weighted by molar-refractivity contribution is 9.10. The van der Waals surface area contributed by atoms with Crippen molar-refractivity contribution in [3.05, 3.63) is 34.1 Å². The summed E-state index contributed by atoms with van der Waals surface area (Å²) in [5, 5.41) is 3.43. The van der Waals surface area contributed by atoms with Crippen molar-refractivity contribution in [3.8, 4) is 0 Å². The van der Waals surface area contributed by atoms with Gasteiger partial charge in [-0.3, -0.25) is 0 Å². The molecule has 1 atom stereocenters. The van der Waals surface area contributed by atoms with Gasteiger partial charge in [0.2, 0.25) is 0 Å². The number of hydrogen-bond donors (Lipinski definition) is 1. The summed E-state index contributed by atoms with van der Waals surface area (Å²) in [5.41, 5.74) is 0.779. The second-order valence-electron chi connectivity index (χ2n) is 4.29. The summed E-state index contributed by atoms with van der Waals surface area (Å²) >= 11 is 3.25. The molecule has 17 heavy (non-hydrogen) atoms. The van der Waals surface area contributed by atoms with Crippen LogP contribution in [-0.4, -0.2) is 6.54 Å². The molecule has 1 nitrogen and oxygen atoms in total. The lowest BCUT2D eigenvalue weighted by Crippen LogP contribution is -2.23. The minimum Gasteiger partial charge on any atom is -0.310 e. The summed E-state index contributed by atoms with van der Waals surface area (Å²) in [5.74, 6) is -0.128. The molecule has 1 aromatic rings. The summed E-state index contributed by atoms with van der Waals surface area (Å²) in [6, 6.07) is 5.65. The summed E-state index contributed by atoms with van der Waals surface area (Å²) in [7, 11) is 0. The third kappa shape index (κ3) is 4.40. The number of hydrogen-bond acceptors (Lipinski definition) is 1. The average Bonchev–Trinajstić information content (AvgIpc) is 2.34. The molecule has 0 fully saturated rings. The van der Waals surface area contributed by atoms with Crippen LogP contribution in [0.2, 0.25) is 0 Å². The number of unbranched alkanes of at least 4 members (excludes halogenated alkanes) is 1. The molecule has 0 aliphatic rings. The third-order valence-electron chi connectivity index (χ3n) is 2.84. The summed E-state index contributed by atoms with van der Waals surface area (Å²) < 4.78 is 14.6. The van der Waals surface area contributed by atoms with Crippen LogP contribution in [0.5, 0.6) is 0 Å². The Bertz CT molecular complexity index is 333. The fourth-order valence-electron chi connectivity index (χ4n) is 1.88. The monoisotopic (exact) mass is 301 g/mol. The lowest BCUT2D eigenvalue weighted by Gasteiger charge is -2.19. The molecular weight excluding hydrogens is 281 g/mol. The number of nitrogens with one attached hydrogen (secondary N) is 1. The first-order valence-corrected chi connectivity index (χ1v) is 7.17. The van der Waals surface area contributed by atoms with Crippen molar-refractivity contribution in [3.63, 3.8) is 0 Å². The zero-order valence-corrected chi connectivity index (χ0v) is 12.2. The first kappa shape index (κ1) is 14.7. The maximum absolute atomic E-state index is 14.0. The van der Waals surface area contributed by atoms with E-state index in [1.807, 2.05) is 12.1 Å². The van der Waals surface area contributed by atoms with E-state index < -0.39 is 0 Å². The minimum atomic E-state index is -0.128. The van der Waals surface area contributed by atoms with Crippen molar-refractivity contribution < 1.29 is 4.39 Å². The van der Waals surface area contributed by atoms with E-state index in [0.717, 1.165) is 37.8 Å². The summed E-state index contributed by atoms with van der Waals surface area (Å²) in [4.78, 5) is 0. The predicted octanol–water partition coefficient (Wildman–Crippen LogP) is 4.82. The Morgan fingerprint density at radius 1 is 1.29 bits per heavy atom. The van der Waals surface area contributed by atoms with E-state index >= 15 is 0 Å². The van der Waals surface area contributed by atoms with Gasteiger partial charge in [0.15, 0.2) is 0 Å². The number of halogens is 2. The van der Waals surface area contributed by atoms with Crippen molar-refractivity contribution in [2.24, 2.45) is 0 Å². The van der Waals surface area contributed by atoms with Crippen LogP contribution in [0.3, 0.4) is 0 Å². The average molecular weight is 302 g/mol. The molecule has 0 aliphatic heterocycles. The molecule has 0 bridgehead atoms. The fraction of sp³-hybridized carbons (Fsp3) is 0.571. The molecule has 0 aliphatic carbocycles. The third-order valence-corrected chi connectivity index (χ3v) is 3.46. The first-order valence-electron chi connectivity index (χ1n) is 6.38. The largest absolute Gasteiger partial charge is 0.310 e. The molecule has 0 radical (unpaired) electrons. The fourth-order valence-corrected chi connectivity index (χ4v) is 2.27. The molecule has 0 saturated carbocycles. The lowest BCUT2D eigenvalue weighted by atomic mass is 10.0. The maximum atomic E-state index is 14.0. The number of benzene rings is 1. The van der Waals surface area contributed by atoms with Gasteiger partial charge in [-0.15, -0.1) is 0 Å². The van der Waals surface area contributed by atoms with Gasteiger partial charge in [-0.05, 0) is 41.4 Å². The van der Waals surface area contributed by atoms with Gasteiger partial charge in [0.05, 0.1) is 4.47 Å².